The van der Waals surface area contributed by atoms with Gasteiger partial charge < -0.3 is 20.3 Å². The fourth-order valence-corrected chi connectivity index (χ4v) is 2.81. The first kappa shape index (κ1) is 20.8. The molecule has 0 radical (unpaired) electrons. The number of rotatable bonds is 3. The first-order valence-electron chi connectivity index (χ1n) is 8.52. The van der Waals surface area contributed by atoms with Crippen molar-refractivity contribution in [2.75, 3.05) is 37.0 Å². The number of halogens is 3. The number of urea groups is 2. The molecule has 1 fully saturated rings. The van der Waals surface area contributed by atoms with Crippen molar-refractivity contribution >= 4 is 23.4 Å². The second kappa shape index (κ2) is 8.47. The Kier molecular flexibility index (Phi) is 6.53. The molecule has 1 aliphatic rings. The number of alkyl halides is 3. The van der Waals surface area contributed by atoms with Crippen LogP contribution in [-0.2, 0) is 4.74 Å². The molecule has 0 bridgehead atoms. The van der Waals surface area contributed by atoms with Gasteiger partial charge in [-0.1, -0.05) is 6.07 Å². The molecule has 27 heavy (non-hydrogen) atoms. The molecule has 2 unspecified atom stereocenters. The highest BCUT2D eigenvalue weighted by Crippen LogP contribution is 2.30. The maximum absolute atomic E-state index is 13.0. The maximum Gasteiger partial charge on any atom is 0.416 e. The summed E-state index contributed by atoms with van der Waals surface area (Å²) in [6.45, 7) is 3.42. The van der Waals surface area contributed by atoms with Crippen LogP contribution in [0.1, 0.15) is 13.8 Å². The van der Waals surface area contributed by atoms with Gasteiger partial charge in [0, 0.05) is 31.5 Å². The smallest absolute Gasteiger partial charge is 0.365 e. The molecule has 2 rings (SSSR count). The lowest BCUT2D eigenvalue weighted by Gasteiger charge is -2.39. The first-order chi connectivity index (χ1) is 12.6. The minimum Gasteiger partial charge on any atom is -0.365 e. The van der Waals surface area contributed by atoms with Gasteiger partial charge in [0.05, 0.1) is 12.6 Å². The molecular weight excluding hydrogens is 365 g/mol. The van der Waals surface area contributed by atoms with Gasteiger partial charge >= 0.3 is 18.2 Å². The van der Waals surface area contributed by atoms with Crippen LogP contribution in [0, 0.1) is 0 Å². The van der Waals surface area contributed by atoms with E-state index in [1.807, 2.05) is 0 Å². The predicted octanol–water partition coefficient (Wildman–Crippen LogP) is 3.04. The Balaban J connectivity index is 2.09. The third-order valence-corrected chi connectivity index (χ3v) is 4.26. The minimum atomic E-state index is -4.55. The highest BCUT2D eigenvalue weighted by molar-refractivity contribution is 5.94. The molecule has 0 aliphatic carbocycles. The van der Waals surface area contributed by atoms with Crippen molar-refractivity contribution in [3.8, 4) is 0 Å². The average molecular weight is 388 g/mol. The fraction of sp³-hybridized carbons (Fsp3) is 0.529. The molecule has 2 N–H and O–H groups in total. The average Bonchev–Trinajstić information content (AvgIpc) is 2.60. The van der Waals surface area contributed by atoms with Gasteiger partial charge in [0.25, 0.3) is 0 Å². The van der Waals surface area contributed by atoms with Gasteiger partial charge in [0.1, 0.15) is 0 Å². The first-order valence-corrected chi connectivity index (χ1v) is 8.52. The van der Waals surface area contributed by atoms with E-state index in [0.717, 1.165) is 4.90 Å². The van der Waals surface area contributed by atoms with E-state index in [4.69, 9.17) is 4.74 Å². The quantitative estimate of drug-likeness (QED) is 0.836. The van der Waals surface area contributed by atoms with Gasteiger partial charge in [-0.25, -0.2) is 9.59 Å². The molecule has 1 aliphatic heterocycles. The molecule has 1 aromatic carbocycles. The molecule has 1 aromatic rings. The van der Waals surface area contributed by atoms with E-state index in [0.29, 0.717) is 17.9 Å². The van der Waals surface area contributed by atoms with Crippen LogP contribution in [0.2, 0.25) is 0 Å². The molecule has 0 aromatic heterocycles. The van der Waals surface area contributed by atoms with E-state index in [-0.39, 0.29) is 19.2 Å². The number of hydrogen-bond acceptors (Lipinski definition) is 3. The van der Waals surface area contributed by atoms with E-state index >= 15 is 0 Å². The van der Waals surface area contributed by atoms with Crippen LogP contribution in [0.5, 0.6) is 0 Å². The van der Waals surface area contributed by atoms with Crippen molar-refractivity contribution in [1.82, 2.24) is 10.2 Å². The van der Waals surface area contributed by atoms with Gasteiger partial charge in [0.2, 0.25) is 0 Å². The van der Waals surface area contributed by atoms with E-state index < -0.39 is 24.4 Å². The molecule has 0 saturated carbocycles. The molecule has 1 saturated heterocycles. The number of benzene rings is 1. The Morgan fingerprint density at radius 1 is 1.37 bits per heavy atom. The monoisotopic (exact) mass is 388 g/mol. The minimum absolute atomic E-state index is 0.0537. The van der Waals surface area contributed by atoms with Crippen LogP contribution in [0.15, 0.2) is 24.3 Å². The molecule has 4 amide bonds. The second-order valence-corrected chi connectivity index (χ2v) is 6.14. The number of anilines is 2. The predicted molar refractivity (Wildman–Crippen MR) is 94.9 cm³/mol. The molecule has 7 nitrogen and oxygen atoms in total. The zero-order valence-electron chi connectivity index (χ0n) is 15.3. The second-order valence-electron chi connectivity index (χ2n) is 6.14. The summed E-state index contributed by atoms with van der Waals surface area (Å²) in [5, 5.41) is 5.24. The van der Waals surface area contributed by atoms with E-state index in [2.05, 4.69) is 10.6 Å². The Bertz CT molecular complexity index is 684. The van der Waals surface area contributed by atoms with Gasteiger partial charge in [-0.3, -0.25) is 4.90 Å². The maximum atomic E-state index is 13.0. The van der Waals surface area contributed by atoms with Gasteiger partial charge in [-0.2, -0.15) is 13.2 Å². The van der Waals surface area contributed by atoms with Crippen molar-refractivity contribution in [1.29, 1.82) is 0 Å². The number of hydrogen-bond donors (Lipinski definition) is 2. The van der Waals surface area contributed by atoms with Gasteiger partial charge in [-0.05, 0) is 32.0 Å². The van der Waals surface area contributed by atoms with E-state index in [1.165, 1.54) is 11.8 Å². The summed E-state index contributed by atoms with van der Waals surface area (Å²) in [5.74, 6) is 0. The summed E-state index contributed by atoms with van der Waals surface area (Å²) < 4.78 is 43.8. The number of amides is 4. The van der Waals surface area contributed by atoms with Crippen molar-refractivity contribution in [3.63, 3.8) is 0 Å². The zero-order chi connectivity index (χ0) is 20.2. The lowest BCUT2D eigenvalue weighted by molar-refractivity contribution is -0.246. The van der Waals surface area contributed by atoms with Gasteiger partial charge in [-0.15, -0.1) is 0 Å². The highest BCUT2D eigenvalue weighted by atomic mass is 19.4. The van der Waals surface area contributed by atoms with Crippen LogP contribution >= 0.6 is 0 Å². The number of morpholine rings is 1. The van der Waals surface area contributed by atoms with Crippen LogP contribution in [0.3, 0.4) is 0 Å². The molecule has 0 spiro atoms. The Morgan fingerprint density at radius 3 is 2.70 bits per heavy atom. The number of ether oxygens (including phenoxy) is 1. The Morgan fingerprint density at radius 2 is 2.07 bits per heavy atom. The van der Waals surface area contributed by atoms with E-state index in [1.54, 1.807) is 38.2 Å². The lowest BCUT2D eigenvalue weighted by atomic mass is 10.1. The Labute approximate surface area is 155 Å². The normalized spacial score (nSPS) is 20.1. The van der Waals surface area contributed by atoms with Crippen LogP contribution < -0.4 is 15.5 Å². The number of nitrogens with one attached hydrogen (secondary N) is 2. The van der Waals surface area contributed by atoms with Crippen molar-refractivity contribution in [2.45, 2.75) is 32.2 Å². The van der Waals surface area contributed by atoms with Crippen LogP contribution in [0.25, 0.3) is 0 Å². The lowest BCUT2D eigenvalue weighted by Crippen LogP contribution is -2.58. The molecule has 10 heteroatoms. The topological polar surface area (TPSA) is 73.9 Å². The molecule has 2 atom stereocenters. The van der Waals surface area contributed by atoms with Crippen molar-refractivity contribution in [3.05, 3.63) is 24.3 Å². The SMILES string of the molecule is CCNC(=O)N(C)c1cccc(NC(=O)N2CCOC(C(F)(F)F)C2C)c1. The summed E-state index contributed by atoms with van der Waals surface area (Å²) >= 11 is 0. The summed E-state index contributed by atoms with van der Waals surface area (Å²) in [4.78, 5) is 26.8. The fourth-order valence-electron chi connectivity index (χ4n) is 2.81. The summed E-state index contributed by atoms with van der Waals surface area (Å²) in [6, 6.07) is 4.37. The zero-order valence-corrected chi connectivity index (χ0v) is 15.3. The van der Waals surface area contributed by atoms with Gasteiger partial charge in [0.15, 0.2) is 6.10 Å². The molecule has 1 heterocycles. The standard InChI is InChI=1S/C17H23F3N4O3/c1-4-21-15(25)23(3)13-7-5-6-12(10-13)22-16(26)24-8-9-27-14(11(24)2)17(18,19)20/h5-7,10-11,14H,4,8-9H2,1-3H3,(H,21,25)(H,22,26). The molecule has 150 valence electrons. The van der Waals surface area contributed by atoms with Crippen molar-refractivity contribution < 1.29 is 27.5 Å². The number of carbonyl (C=O) groups is 2. The summed E-state index contributed by atoms with van der Waals surface area (Å²) in [5.41, 5.74) is 0.901. The van der Waals surface area contributed by atoms with E-state index in [9.17, 15) is 22.8 Å². The van der Waals surface area contributed by atoms with Crippen molar-refractivity contribution in [2.24, 2.45) is 0 Å². The molecular formula is C17H23F3N4O3. The van der Waals surface area contributed by atoms with Crippen LogP contribution in [-0.4, -0.2) is 62.0 Å². The third kappa shape index (κ3) is 5.03. The van der Waals surface area contributed by atoms with Crippen LogP contribution in [0.4, 0.5) is 34.1 Å². The third-order valence-electron chi connectivity index (χ3n) is 4.26. The Hall–Kier alpha value is -2.49. The number of nitrogens with zero attached hydrogens (tertiary/aromatic N) is 2. The largest absolute Gasteiger partial charge is 0.416 e. The summed E-state index contributed by atoms with van der Waals surface area (Å²) in [7, 11) is 1.57. The summed E-state index contributed by atoms with van der Waals surface area (Å²) in [6.07, 6.45) is -6.57. The highest BCUT2D eigenvalue weighted by Gasteiger charge is 2.49. The number of carbonyl (C=O) groups excluding carboxylic acids is 2.